The lowest BCUT2D eigenvalue weighted by Crippen LogP contribution is -2.28. The largest absolute Gasteiger partial charge is 0.370 e. The standard InChI is InChI=1S/C26H28FN5O/c1-15-6-9-21(27)26-25(15)19(16(2)31-26)10-11-28-23-13-24(30-14-29-23)32-18-7-8-20-17(12-18)4-3-5-22(20)33/h6-9,12-14,17,20,31H,3-5,10-11H2,1-2H3,(H2,28,29,30,32). The highest BCUT2D eigenvalue weighted by atomic mass is 19.1. The maximum absolute atomic E-state index is 14.2. The number of H-pyrrole nitrogens is 1. The second-order valence-electron chi connectivity index (χ2n) is 8.96. The molecule has 33 heavy (non-hydrogen) atoms. The van der Waals surface area contributed by atoms with Crippen LogP contribution in [0.5, 0.6) is 0 Å². The van der Waals surface area contributed by atoms with E-state index >= 15 is 0 Å². The molecule has 0 saturated heterocycles. The smallest absolute Gasteiger partial charge is 0.147 e. The minimum absolute atomic E-state index is 0.0250. The van der Waals surface area contributed by atoms with Crippen LogP contribution < -0.4 is 10.6 Å². The molecule has 0 spiro atoms. The number of carbonyl (C=O) groups is 1. The van der Waals surface area contributed by atoms with E-state index in [1.807, 2.05) is 38.1 Å². The maximum atomic E-state index is 14.2. The van der Waals surface area contributed by atoms with Crippen LogP contribution in [0.15, 0.2) is 48.5 Å². The maximum Gasteiger partial charge on any atom is 0.147 e. The van der Waals surface area contributed by atoms with Gasteiger partial charge in [0.1, 0.15) is 29.6 Å². The lowest BCUT2D eigenvalue weighted by atomic mass is 9.76. The third-order valence-corrected chi connectivity index (χ3v) is 6.72. The topological polar surface area (TPSA) is 82.7 Å². The van der Waals surface area contributed by atoms with Gasteiger partial charge in [0.05, 0.1) is 5.52 Å². The zero-order valence-electron chi connectivity index (χ0n) is 18.9. The summed E-state index contributed by atoms with van der Waals surface area (Å²) in [5, 5.41) is 7.67. The molecule has 170 valence electrons. The highest BCUT2D eigenvalue weighted by molar-refractivity contribution is 5.88. The van der Waals surface area contributed by atoms with Crippen molar-refractivity contribution in [2.75, 3.05) is 17.2 Å². The summed E-state index contributed by atoms with van der Waals surface area (Å²) in [4.78, 5) is 24.0. The molecule has 1 saturated carbocycles. The Labute approximate surface area is 192 Å². The monoisotopic (exact) mass is 445 g/mol. The molecule has 2 atom stereocenters. The number of benzene rings is 1. The minimum atomic E-state index is -0.223. The molecule has 7 heteroatoms. The Kier molecular flexibility index (Phi) is 5.70. The number of hydrogen-bond donors (Lipinski definition) is 3. The average Bonchev–Trinajstić information content (AvgIpc) is 3.14. The summed E-state index contributed by atoms with van der Waals surface area (Å²) in [6.07, 6.45) is 11.1. The molecule has 3 aromatic rings. The normalized spacial score (nSPS) is 20.0. The number of fused-ring (bicyclic) bond motifs is 2. The molecule has 2 aliphatic carbocycles. The number of nitrogens with one attached hydrogen (secondary N) is 3. The Morgan fingerprint density at radius 3 is 2.94 bits per heavy atom. The Hall–Kier alpha value is -3.48. The van der Waals surface area contributed by atoms with E-state index in [9.17, 15) is 9.18 Å². The van der Waals surface area contributed by atoms with Gasteiger partial charge in [-0.15, -0.1) is 0 Å². The number of aryl methyl sites for hydroxylation is 2. The number of halogens is 1. The second-order valence-corrected chi connectivity index (χ2v) is 8.96. The SMILES string of the molecule is Cc1[nH]c2c(F)ccc(C)c2c1CCNc1cc(NC2=CC3CCCC(=O)C3C=C2)ncn1. The highest BCUT2D eigenvalue weighted by Gasteiger charge is 2.30. The summed E-state index contributed by atoms with van der Waals surface area (Å²) in [6.45, 7) is 4.65. The highest BCUT2D eigenvalue weighted by Crippen LogP contribution is 2.34. The van der Waals surface area contributed by atoms with Crippen molar-refractivity contribution in [2.24, 2.45) is 11.8 Å². The summed E-state index contributed by atoms with van der Waals surface area (Å²) in [5.74, 6) is 1.83. The molecule has 5 rings (SSSR count). The van der Waals surface area contributed by atoms with Crippen molar-refractivity contribution in [2.45, 2.75) is 39.5 Å². The van der Waals surface area contributed by atoms with Gasteiger partial charge >= 0.3 is 0 Å². The molecule has 0 radical (unpaired) electrons. The van der Waals surface area contributed by atoms with Crippen LogP contribution >= 0.6 is 0 Å². The zero-order valence-corrected chi connectivity index (χ0v) is 18.9. The van der Waals surface area contributed by atoms with Crippen molar-refractivity contribution in [3.05, 3.63) is 71.1 Å². The van der Waals surface area contributed by atoms with Crippen LogP contribution in [0.25, 0.3) is 10.9 Å². The van der Waals surface area contributed by atoms with E-state index in [1.54, 1.807) is 0 Å². The third kappa shape index (κ3) is 4.27. The molecule has 2 heterocycles. The minimum Gasteiger partial charge on any atom is -0.370 e. The molecule has 3 N–H and O–H groups in total. The zero-order chi connectivity index (χ0) is 22.9. The number of anilines is 2. The summed E-state index contributed by atoms with van der Waals surface area (Å²) >= 11 is 0. The molecular formula is C26H28FN5O. The number of aromatic nitrogens is 3. The van der Waals surface area contributed by atoms with E-state index in [2.05, 4.69) is 31.7 Å². The lowest BCUT2D eigenvalue weighted by Gasteiger charge is -2.29. The molecule has 2 unspecified atom stereocenters. The Morgan fingerprint density at radius 2 is 2.06 bits per heavy atom. The van der Waals surface area contributed by atoms with Crippen LogP contribution in [-0.4, -0.2) is 27.3 Å². The number of nitrogens with zero attached hydrogens (tertiary/aromatic N) is 2. The van der Waals surface area contributed by atoms with E-state index in [0.29, 0.717) is 30.1 Å². The van der Waals surface area contributed by atoms with Crippen molar-refractivity contribution in [1.82, 2.24) is 15.0 Å². The summed E-state index contributed by atoms with van der Waals surface area (Å²) < 4.78 is 14.2. The van der Waals surface area contributed by atoms with Crippen molar-refractivity contribution in [3.8, 4) is 0 Å². The third-order valence-electron chi connectivity index (χ3n) is 6.72. The predicted molar refractivity (Wildman–Crippen MR) is 129 cm³/mol. The van der Waals surface area contributed by atoms with Gasteiger partial charge in [0.15, 0.2) is 0 Å². The Bertz CT molecular complexity index is 1280. The van der Waals surface area contributed by atoms with Gasteiger partial charge in [-0.1, -0.05) is 18.2 Å². The Balaban J connectivity index is 1.24. The first-order valence-corrected chi connectivity index (χ1v) is 11.5. The molecule has 0 aliphatic heterocycles. The molecule has 6 nitrogen and oxygen atoms in total. The molecule has 2 aliphatic rings. The number of aromatic amines is 1. The van der Waals surface area contributed by atoms with Gasteiger partial charge in [0.25, 0.3) is 0 Å². The molecule has 1 fully saturated rings. The van der Waals surface area contributed by atoms with Crippen molar-refractivity contribution < 1.29 is 9.18 Å². The summed E-state index contributed by atoms with van der Waals surface area (Å²) in [6, 6.07) is 5.21. The lowest BCUT2D eigenvalue weighted by molar-refractivity contribution is -0.124. The molecule has 2 aromatic heterocycles. The fourth-order valence-corrected chi connectivity index (χ4v) is 5.05. The van der Waals surface area contributed by atoms with Gasteiger partial charge in [0.2, 0.25) is 0 Å². The van der Waals surface area contributed by atoms with Gasteiger partial charge in [-0.25, -0.2) is 14.4 Å². The van der Waals surface area contributed by atoms with E-state index in [4.69, 9.17) is 0 Å². The van der Waals surface area contributed by atoms with Crippen LogP contribution in [0.3, 0.4) is 0 Å². The number of Topliss-reactive ketones (excluding diaryl/α,β-unsaturated/α-hetero) is 1. The van der Waals surface area contributed by atoms with Crippen LogP contribution in [0.2, 0.25) is 0 Å². The van der Waals surface area contributed by atoms with Crippen molar-refractivity contribution >= 4 is 28.3 Å². The van der Waals surface area contributed by atoms with Gasteiger partial charge in [0, 0.05) is 41.7 Å². The van der Waals surface area contributed by atoms with Crippen LogP contribution in [-0.2, 0) is 11.2 Å². The molecule has 0 amide bonds. The van der Waals surface area contributed by atoms with Crippen LogP contribution in [0.4, 0.5) is 16.0 Å². The van der Waals surface area contributed by atoms with Gasteiger partial charge < -0.3 is 15.6 Å². The van der Waals surface area contributed by atoms with Gasteiger partial charge in [-0.2, -0.15) is 0 Å². The van der Waals surface area contributed by atoms with E-state index in [0.717, 1.165) is 53.0 Å². The summed E-state index contributed by atoms with van der Waals surface area (Å²) in [7, 11) is 0. The van der Waals surface area contributed by atoms with Crippen LogP contribution in [0, 0.1) is 31.5 Å². The number of rotatable bonds is 6. The van der Waals surface area contributed by atoms with Crippen molar-refractivity contribution in [3.63, 3.8) is 0 Å². The first-order valence-electron chi connectivity index (χ1n) is 11.5. The number of hydrogen-bond acceptors (Lipinski definition) is 5. The second kappa shape index (κ2) is 8.81. The predicted octanol–water partition coefficient (Wildman–Crippen LogP) is 5.22. The van der Waals surface area contributed by atoms with E-state index in [-0.39, 0.29) is 17.7 Å². The fraction of sp³-hybridized carbons (Fsp3) is 0.346. The average molecular weight is 446 g/mol. The van der Waals surface area contributed by atoms with E-state index < -0.39 is 0 Å². The fourth-order valence-electron chi connectivity index (χ4n) is 5.05. The van der Waals surface area contributed by atoms with Gasteiger partial charge in [-0.05, 0) is 62.3 Å². The van der Waals surface area contributed by atoms with E-state index in [1.165, 1.54) is 12.4 Å². The quantitative estimate of drug-likeness (QED) is 0.485. The first kappa shape index (κ1) is 21.4. The van der Waals surface area contributed by atoms with Crippen LogP contribution in [0.1, 0.15) is 36.1 Å². The molecular weight excluding hydrogens is 417 g/mol. The summed E-state index contributed by atoms with van der Waals surface area (Å²) in [5.41, 5.74) is 4.71. The number of ketones is 1. The number of allylic oxidation sites excluding steroid dienone is 3. The number of carbonyl (C=O) groups excluding carboxylic acids is 1. The Morgan fingerprint density at radius 1 is 1.21 bits per heavy atom. The van der Waals surface area contributed by atoms with Crippen molar-refractivity contribution in [1.29, 1.82) is 0 Å². The molecule has 0 bridgehead atoms. The molecule has 1 aromatic carbocycles. The first-order chi connectivity index (χ1) is 16.0. The van der Waals surface area contributed by atoms with Gasteiger partial charge in [-0.3, -0.25) is 4.79 Å².